The van der Waals surface area contributed by atoms with Crippen molar-refractivity contribution in [3.8, 4) is 0 Å². The zero-order valence-electron chi connectivity index (χ0n) is 20.5. The highest BCUT2D eigenvalue weighted by atomic mass is 32.2. The molecule has 17 nitrogen and oxygen atoms in total. The lowest BCUT2D eigenvalue weighted by Crippen LogP contribution is -2.71. The summed E-state index contributed by atoms with van der Waals surface area (Å²) in [7, 11) is -3.73. The quantitative estimate of drug-likeness (QED) is 0.0675. The molecule has 4 N–H and O–H groups in total. The number of nitrogens with zero attached hydrogens (tertiary/aromatic N) is 2. The number of rotatable bonds is 10. The molecule has 2 aliphatic heterocycles. The maximum absolute atomic E-state index is 13.1. The van der Waals surface area contributed by atoms with Gasteiger partial charge in [-0.25, -0.2) is 19.2 Å². The topological polar surface area (TPSA) is 233 Å². The molecule has 3 atom stereocenters. The number of esters is 2. The standard InChI is InChI=1S/C20H23N4O13PS/c1-9(25)36-10(2)37-19(28)15-11(7-35-20(29)23-38(30,31)32)8-39-18-14(17(27)24(15)18)21-16(26)13(22-33-3)12-5-4-6-34-12/h4-6,10,14,18H,7-8H2,1-3H3,(H,21,26)(H3,23,29,30,31,32)/b22-13+/t10?,14-,18-/m1/s1. The number of hydrogen-bond donors (Lipinski definition) is 4. The van der Waals surface area contributed by atoms with Crippen molar-refractivity contribution in [3.05, 3.63) is 35.4 Å². The largest absolute Gasteiger partial charge is 0.462 e. The number of β-lactam (4-membered cyclic amide) rings is 1. The maximum atomic E-state index is 13.1. The fourth-order valence-electron chi connectivity index (χ4n) is 3.46. The Labute approximate surface area is 224 Å². The van der Waals surface area contributed by atoms with Crippen molar-refractivity contribution in [1.29, 1.82) is 0 Å². The molecule has 2 aliphatic rings. The highest BCUT2D eigenvalue weighted by molar-refractivity contribution is 8.00. The van der Waals surface area contributed by atoms with Crippen molar-refractivity contribution >= 4 is 55.1 Å². The summed E-state index contributed by atoms with van der Waals surface area (Å²) in [4.78, 5) is 85.2. The van der Waals surface area contributed by atoms with Crippen LogP contribution in [0, 0.1) is 0 Å². The van der Waals surface area contributed by atoms with Gasteiger partial charge in [-0.3, -0.25) is 19.3 Å². The lowest BCUT2D eigenvalue weighted by Gasteiger charge is -2.49. The van der Waals surface area contributed by atoms with Crippen LogP contribution in [0.1, 0.15) is 19.6 Å². The van der Waals surface area contributed by atoms with E-state index in [1.165, 1.54) is 37.5 Å². The summed E-state index contributed by atoms with van der Waals surface area (Å²) >= 11 is 1.09. The smallest absolute Gasteiger partial charge is 0.432 e. The second-order valence-corrected chi connectivity index (χ2v) is 10.1. The van der Waals surface area contributed by atoms with Crippen LogP contribution in [-0.2, 0) is 42.8 Å². The van der Waals surface area contributed by atoms with E-state index in [0.717, 1.165) is 23.6 Å². The van der Waals surface area contributed by atoms with Gasteiger partial charge in [-0.1, -0.05) is 5.16 Å². The summed E-state index contributed by atoms with van der Waals surface area (Å²) in [6.45, 7) is 1.69. The Bertz CT molecular complexity index is 1260. The van der Waals surface area contributed by atoms with Gasteiger partial charge in [-0.2, -0.15) is 0 Å². The van der Waals surface area contributed by atoms with Gasteiger partial charge in [0.1, 0.15) is 30.8 Å². The molecule has 212 valence electrons. The number of nitrogens with one attached hydrogen (secondary N) is 2. The van der Waals surface area contributed by atoms with Crippen LogP contribution in [0.15, 0.2) is 39.2 Å². The molecule has 3 rings (SSSR count). The van der Waals surface area contributed by atoms with Crippen LogP contribution in [0.5, 0.6) is 0 Å². The van der Waals surface area contributed by atoms with Gasteiger partial charge in [0, 0.05) is 25.2 Å². The lowest BCUT2D eigenvalue weighted by atomic mass is 10.0. The molecular formula is C20H23N4O13PS. The predicted octanol–water partition coefficient (Wildman–Crippen LogP) is -0.445. The van der Waals surface area contributed by atoms with Crippen molar-refractivity contribution in [1.82, 2.24) is 15.3 Å². The van der Waals surface area contributed by atoms with E-state index in [4.69, 9.17) is 28.4 Å². The average Bonchev–Trinajstić information content (AvgIpc) is 3.36. The summed E-state index contributed by atoms with van der Waals surface area (Å²) in [5.41, 5.74) is -0.549. The number of oxime groups is 1. The van der Waals surface area contributed by atoms with Gasteiger partial charge < -0.3 is 38.6 Å². The van der Waals surface area contributed by atoms with Crippen LogP contribution < -0.4 is 10.4 Å². The molecule has 3 heterocycles. The predicted molar refractivity (Wildman–Crippen MR) is 128 cm³/mol. The van der Waals surface area contributed by atoms with E-state index in [2.05, 4.69) is 15.3 Å². The Kier molecular flexibility index (Phi) is 9.39. The van der Waals surface area contributed by atoms with Crippen molar-refractivity contribution in [2.24, 2.45) is 5.16 Å². The van der Waals surface area contributed by atoms with Crippen molar-refractivity contribution in [2.45, 2.75) is 31.6 Å². The third-order valence-corrected chi connectivity index (χ3v) is 6.71. The fraction of sp³-hybridized carbons (Fsp3) is 0.400. The SMILES string of the molecule is CO/N=C(/C(=O)N[C@@H]1C(=O)N2C(C(=O)OC(C)OC(C)=O)=C(COC(=O)NP(=O)(O)O)CS[C@H]12)c1ccco1. The van der Waals surface area contributed by atoms with E-state index < -0.39 is 61.9 Å². The molecule has 1 fully saturated rings. The summed E-state index contributed by atoms with van der Waals surface area (Å²) in [6.07, 6.45) is -1.51. The molecule has 1 saturated heterocycles. The van der Waals surface area contributed by atoms with Gasteiger partial charge in [0.2, 0.25) is 12.0 Å². The third kappa shape index (κ3) is 7.38. The minimum atomic E-state index is -4.95. The molecule has 0 saturated carbocycles. The second-order valence-electron chi connectivity index (χ2n) is 7.73. The van der Waals surface area contributed by atoms with Gasteiger partial charge in [-0.15, -0.1) is 11.8 Å². The van der Waals surface area contributed by atoms with E-state index in [1.807, 2.05) is 0 Å². The Morgan fingerprint density at radius 1 is 1.31 bits per heavy atom. The number of thioether (sulfide) groups is 1. The molecule has 1 aromatic heterocycles. The van der Waals surface area contributed by atoms with Crippen LogP contribution in [0.4, 0.5) is 4.79 Å². The molecule has 3 amide bonds. The van der Waals surface area contributed by atoms with Crippen molar-refractivity contribution in [2.75, 3.05) is 19.5 Å². The number of carbonyl (C=O) groups is 5. The van der Waals surface area contributed by atoms with E-state index in [9.17, 15) is 28.5 Å². The zero-order chi connectivity index (χ0) is 28.9. The van der Waals surface area contributed by atoms with Gasteiger partial charge in [0.05, 0.1) is 6.26 Å². The van der Waals surface area contributed by atoms with Crippen LogP contribution in [-0.4, -0.2) is 87.4 Å². The number of carbonyl (C=O) groups excluding carboxylic acids is 5. The van der Waals surface area contributed by atoms with E-state index in [1.54, 1.807) is 0 Å². The number of furan rings is 1. The fourth-order valence-corrected chi connectivity index (χ4v) is 5.09. The summed E-state index contributed by atoms with van der Waals surface area (Å²) in [6, 6.07) is 1.86. The van der Waals surface area contributed by atoms with Gasteiger partial charge in [-0.05, 0) is 12.1 Å². The first-order valence-corrected chi connectivity index (χ1v) is 13.5. The van der Waals surface area contributed by atoms with Crippen molar-refractivity contribution in [3.63, 3.8) is 0 Å². The van der Waals surface area contributed by atoms with Gasteiger partial charge >= 0.3 is 25.8 Å². The van der Waals surface area contributed by atoms with E-state index >= 15 is 0 Å². The minimum absolute atomic E-state index is 0.0202. The highest BCUT2D eigenvalue weighted by Gasteiger charge is 2.55. The number of amides is 3. The number of fused-ring (bicyclic) bond motifs is 1. The Hall–Kier alpha value is -3.86. The maximum Gasteiger partial charge on any atom is 0.432 e. The molecule has 0 spiro atoms. The molecule has 19 heteroatoms. The molecule has 0 aliphatic carbocycles. The Morgan fingerprint density at radius 2 is 2.03 bits per heavy atom. The summed E-state index contributed by atoms with van der Waals surface area (Å²) in [5.74, 6) is -3.34. The average molecular weight is 590 g/mol. The normalized spacial score (nSPS) is 19.8. The molecule has 0 aromatic carbocycles. The molecule has 1 unspecified atom stereocenters. The number of ether oxygens (including phenoxy) is 3. The first kappa shape index (κ1) is 29.7. The molecule has 0 radical (unpaired) electrons. The minimum Gasteiger partial charge on any atom is -0.462 e. The first-order chi connectivity index (χ1) is 18.3. The zero-order valence-corrected chi connectivity index (χ0v) is 22.2. The summed E-state index contributed by atoms with van der Waals surface area (Å²) < 4.78 is 30.8. The van der Waals surface area contributed by atoms with E-state index in [-0.39, 0.29) is 28.5 Å². The van der Waals surface area contributed by atoms with Crippen LogP contribution in [0.25, 0.3) is 0 Å². The van der Waals surface area contributed by atoms with Crippen LogP contribution in [0.2, 0.25) is 0 Å². The van der Waals surface area contributed by atoms with E-state index in [0.29, 0.717) is 0 Å². The Balaban J connectivity index is 1.82. The van der Waals surface area contributed by atoms with Crippen LogP contribution in [0.3, 0.4) is 0 Å². The highest BCUT2D eigenvalue weighted by Crippen LogP contribution is 2.41. The van der Waals surface area contributed by atoms with Crippen molar-refractivity contribution < 1.29 is 61.8 Å². The van der Waals surface area contributed by atoms with Gasteiger partial charge in [0.25, 0.3) is 11.8 Å². The lowest BCUT2D eigenvalue weighted by molar-refractivity contribution is -0.182. The second kappa shape index (κ2) is 12.3. The first-order valence-electron chi connectivity index (χ1n) is 10.8. The van der Waals surface area contributed by atoms with Gasteiger partial charge in [0.15, 0.2) is 5.76 Å². The Morgan fingerprint density at radius 3 is 2.62 bits per heavy atom. The molecule has 0 bridgehead atoms. The monoisotopic (exact) mass is 590 g/mol. The van der Waals surface area contributed by atoms with Crippen LogP contribution >= 0.6 is 19.5 Å². The number of hydrogen-bond acceptors (Lipinski definition) is 13. The molecule has 39 heavy (non-hydrogen) atoms. The summed E-state index contributed by atoms with van der Waals surface area (Å²) in [5, 5.41) is 6.64. The third-order valence-electron chi connectivity index (χ3n) is 4.90. The molecular weight excluding hydrogens is 567 g/mol. The molecule has 1 aromatic rings.